The summed E-state index contributed by atoms with van der Waals surface area (Å²) in [4.78, 5) is 27.1. The van der Waals surface area contributed by atoms with Crippen molar-refractivity contribution < 1.29 is 18.7 Å². The van der Waals surface area contributed by atoms with Gasteiger partial charge in [0.1, 0.15) is 5.69 Å². The van der Waals surface area contributed by atoms with Gasteiger partial charge >= 0.3 is 5.97 Å². The van der Waals surface area contributed by atoms with Crippen molar-refractivity contribution in [2.24, 2.45) is 0 Å². The van der Waals surface area contributed by atoms with Crippen LogP contribution < -0.4 is 4.90 Å². The molecule has 2 aromatic heterocycles. The minimum Gasteiger partial charge on any atom is -0.463 e. The Morgan fingerprint density at radius 1 is 1.16 bits per heavy atom. The molecule has 0 spiro atoms. The molecule has 0 radical (unpaired) electrons. The van der Waals surface area contributed by atoms with Crippen molar-refractivity contribution in [3.8, 4) is 11.5 Å². The zero-order chi connectivity index (χ0) is 22.2. The van der Waals surface area contributed by atoms with E-state index in [-0.39, 0.29) is 5.91 Å². The van der Waals surface area contributed by atoms with E-state index in [4.69, 9.17) is 20.8 Å². The fraction of sp³-hybridized carbons (Fsp3) is 0.125. The molecule has 2 aromatic carbocycles. The van der Waals surface area contributed by atoms with Crippen LogP contribution >= 0.6 is 11.6 Å². The van der Waals surface area contributed by atoms with E-state index in [9.17, 15) is 9.59 Å². The summed E-state index contributed by atoms with van der Waals surface area (Å²) in [6.45, 7) is 2.05. The largest absolute Gasteiger partial charge is 0.463 e. The van der Waals surface area contributed by atoms with Gasteiger partial charge in [0.05, 0.1) is 24.5 Å². The number of hydrogen-bond acceptors (Lipinski definition) is 5. The van der Waals surface area contributed by atoms with Crippen molar-refractivity contribution in [2.75, 3.05) is 11.5 Å². The topological polar surface area (TPSA) is 88.4 Å². The maximum atomic E-state index is 13.4. The number of ether oxygens (including phenoxy) is 1. The van der Waals surface area contributed by atoms with Crippen LogP contribution in [-0.2, 0) is 4.74 Å². The number of carbonyl (C=O) groups is 2. The van der Waals surface area contributed by atoms with Crippen molar-refractivity contribution >= 4 is 29.2 Å². The molecule has 4 aromatic rings. The van der Waals surface area contributed by atoms with E-state index in [1.54, 1.807) is 60.6 Å². The second-order valence-electron chi connectivity index (χ2n) is 7.23. The molecule has 1 aliphatic rings. The van der Waals surface area contributed by atoms with Crippen molar-refractivity contribution in [1.29, 1.82) is 0 Å². The van der Waals surface area contributed by atoms with Gasteiger partial charge in [0.15, 0.2) is 11.5 Å². The Hall–Kier alpha value is -3.84. The molecule has 1 N–H and O–H groups in total. The first-order chi connectivity index (χ1) is 15.6. The molecule has 0 saturated heterocycles. The predicted octanol–water partition coefficient (Wildman–Crippen LogP) is 5.25. The van der Waals surface area contributed by atoms with E-state index < -0.39 is 12.0 Å². The number of fused-ring (bicyclic) bond motifs is 1. The van der Waals surface area contributed by atoms with Crippen molar-refractivity contribution in [1.82, 2.24) is 10.2 Å². The third kappa shape index (κ3) is 3.27. The Morgan fingerprint density at radius 3 is 2.56 bits per heavy atom. The van der Waals surface area contributed by atoms with E-state index in [1.165, 1.54) is 0 Å². The molecule has 8 heteroatoms. The van der Waals surface area contributed by atoms with Gasteiger partial charge in [-0.25, -0.2) is 4.79 Å². The molecule has 1 amide bonds. The van der Waals surface area contributed by atoms with Crippen LogP contribution in [0.4, 0.5) is 5.69 Å². The monoisotopic (exact) mass is 447 g/mol. The number of amides is 1. The quantitative estimate of drug-likeness (QED) is 0.422. The summed E-state index contributed by atoms with van der Waals surface area (Å²) in [5.74, 6) is -0.0720. The minimum atomic E-state index is -0.456. The normalized spacial score (nSPS) is 15.1. The molecule has 0 saturated carbocycles. The number of aromatic amines is 1. The van der Waals surface area contributed by atoms with Gasteiger partial charge in [0.2, 0.25) is 0 Å². The number of esters is 1. The molecule has 0 bridgehead atoms. The highest BCUT2D eigenvalue weighted by atomic mass is 35.5. The van der Waals surface area contributed by atoms with E-state index in [0.29, 0.717) is 40.0 Å². The average molecular weight is 448 g/mol. The smallest absolute Gasteiger partial charge is 0.338 e. The zero-order valence-electron chi connectivity index (χ0n) is 17.0. The molecule has 1 atom stereocenters. The summed E-state index contributed by atoms with van der Waals surface area (Å²) in [7, 11) is 0. The third-order valence-corrected chi connectivity index (χ3v) is 5.62. The first-order valence-corrected chi connectivity index (χ1v) is 10.4. The lowest BCUT2D eigenvalue weighted by molar-refractivity contribution is 0.0526. The lowest BCUT2D eigenvalue weighted by Gasteiger charge is -2.26. The summed E-state index contributed by atoms with van der Waals surface area (Å²) < 4.78 is 10.6. The zero-order valence-corrected chi connectivity index (χ0v) is 17.8. The van der Waals surface area contributed by atoms with Gasteiger partial charge < -0.3 is 9.15 Å². The van der Waals surface area contributed by atoms with Gasteiger partial charge in [0.25, 0.3) is 5.91 Å². The van der Waals surface area contributed by atoms with Crippen molar-refractivity contribution in [3.05, 3.63) is 94.3 Å². The summed E-state index contributed by atoms with van der Waals surface area (Å²) in [5, 5.41) is 7.85. The second kappa shape index (κ2) is 8.01. The first kappa shape index (κ1) is 20.1. The average Bonchev–Trinajstić information content (AvgIpc) is 3.53. The van der Waals surface area contributed by atoms with Gasteiger partial charge in [0, 0.05) is 16.3 Å². The van der Waals surface area contributed by atoms with E-state index in [1.807, 2.05) is 18.2 Å². The van der Waals surface area contributed by atoms with Crippen LogP contribution in [-0.4, -0.2) is 28.7 Å². The second-order valence-corrected chi connectivity index (χ2v) is 7.67. The van der Waals surface area contributed by atoms with Gasteiger partial charge in [-0.1, -0.05) is 23.7 Å². The van der Waals surface area contributed by atoms with Crippen LogP contribution in [0.25, 0.3) is 11.5 Å². The van der Waals surface area contributed by atoms with Crippen LogP contribution in [0.2, 0.25) is 5.02 Å². The number of aromatic nitrogens is 2. The summed E-state index contributed by atoms with van der Waals surface area (Å²) in [5.41, 5.74) is 3.60. The molecule has 3 heterocycles. The predicted molar refractivity (Wildman–Crippen MR) is 119 cm³/mol. The highest BCUT2D eigenvalue weighted by molar-refractivity contribution is 6.30. The number of anilines is 1. The van der Waals surface area contributed by atoms with Crippen molar-refractivity contribution in [3.63, 3.8) is 0 Å². The molecule has 0 unspecified atom stereocenters. The number of nitrogens with zero attached hydrogens (tertiary/aromatic N) is 2. The van der Waals surface area contributed by atoms with E-state index in [2.05, 4.69) is 10.2 Å². The molecule has 160 valence electrons. The molecule has 0 aliphatic carbocycles. The fourth-order valence-electron chi connectivity index (χ4n) is 3.95. The van der Waals surface area contributed by atoms with Gasteiger partial charge in [-0.3, -0.25) is 14.8 Å². The first-order valence-electron chi connectivity index (χ1n) is 10.1. The number of nitrogens with one attached hydrogen (secondary N) is 1. The van der Waals surface area contributed by atoms with Gasteiger partial charge in [-0.15, -0.1) is 0 Å². The molecular formula is C24H18ClN3O4. The number of carbonyl (C=O) groups excluding carboxylic acids is 2. The van der Waals surface area contributed by atoms with Crippen LogP contribution in [0, 0.1) is 0 Å². The maximum Gasteiger partial charge on any atom is 0.338 e. The third-order valence-electron chi connectivity index (χ3n) is 5.37. The number of rotatable bonds is 5. The summed E-state index contributed by atoms with van der Waals surface area (Å²) in [6.07, 6.45) is 1.57. The van der Waals surface area contributed by atoms with Crippen LogP contribution in [0.3, 0.4) is 0 Å². The standard InChI is InChI=1S/C24H18ClN3O4/c1-2-31-24(30)15-7-11-17(12-8-15)28-22(14-5-9-16(25)10-6-14)19-20(18-4-3-13-32-18)26-27-21(19)23(28)29/h3-13,22H,2H2,1H3,(H,26,27)/t22-/m0/s1. The van der Waals surface area contributed by atoms with Crippen LogP contribution in [0.1, 0.15) is 44.9 Å². The molecule has 5 rings (SSSR count). The molecular weight excluding hydrogens is 430 g/mol. The molecule has 1 aliphatic heterocycles. The van der Waals surface area contributed by atoms with Gasteiger partial charge in [-0.05, 0) is 61.0 Å². The van der Waals surface area contributed by atoms with Crippen LogP contribution in [0.5, 0.6) is 0 Å². The Kier molecular flexibility index (Phi) is 5.03. The maximum absolute atomic E-state index is 13.4. The molecule has 0 fully saturated rings. The van der Waals surface area contributed by atoms with Crippen molar-refractivity contribution in [2.45, 2.75) is 13.0 Å². The number of H-pyrrole nitrogens is 1. The van der Waals surface area contributed by atoms with E-state index >= 15 is 0 Å². The van der Waals surface area contributed by atoms with Gasteiger partial charge in [-0.2, -0.15) is 5.10 Å². The Bertz CT molecular complexity index is 1280. The SMILES string of the molecule is CCOC(=O)c1ccc(N2C(=O)c3n[nH]c(-c4ccco4)c3[C@@H]2c2ccc(Cl)cc2)cc1. The number of hydrogen-bond donors (Lipinski definition) is 1. The van der Waals surface area contributed by atoms with Crippen LogP contribution in [0.15, 0.2) is 71.3 Å². The highest BCUT2D eigenvalue weighted by Crippen LogP contribution is 2.45. The summed E-state index contributed by atoms with van der Waals surface area (Å²) in [6, 6.07) is 17.2. The lowest BCUT2D eigenvalue weighted by atomic mass is 9.97. The Balaban J connectivity index is 1.62. The minimum absolute atomic E-state index is 0.252. The Labute approximate surface area is 188 Å². The fourth-order valence-corrected chi connectivity index (χ4v) is 4.07. The highest BCUT2D eigenvalue weighted by Gasteiger charge is 2.43. The van der Waals surface area contributed by atoms with E-state index in [0.717, 1.165) is 11.1 Å². The number of furan rings is 1. The Morgan fingerprint density at radius 2 is 1.91 bits per heavy atom. The number of halogens is 1. The summed E-state index contributed by atoms with van der Waals surface area (Å²) >= 11 is 6.11. The number of benzene rings is 2. The molecule has 32 heavy (non-hydrogen) atoms. The lowest BCUT2D eigenvalue weighted by Crippen LogP contribution is -2.29. The molecule has 7 nitrogen and oxygen atoms in total.